The zero-order valence-corrected chi connectivity index (χ0v) is 38.5. The summed E-state index contributed by atoms with van der Waals surface area (Å²) in [4.78, 5) is 70.2. The molecule has 0 radical (unpaired) electrons. The van der Waals surface area contributed by atoms with E-state index >= 15 is 0 Å². The summed E-state index contributed by atoms with van der Waals surface area (Å²) in [6.07, 6.45) is 5.08. The van der Waals surface area contributed by atoms with Crippen LogP contribution < -0.4 is 10.3 Å². The number of aliphatic hydroxyl groups is 1. The maximum Gasteiger partial charge on any atom is 0.339 e. The van der Waals surface area contributed by atoms with Crippen LogP contribution >= 0.6 is 0 Å². The van der Waals surface area contributed by atoms with E-state index in [0.29, 0.717) is 44.1 Å². The van der Waals surface area contributed by atoms with Crippen LogP contribution in [-0.4, -0.2) is 52.2 Å². The van der Waals surface area contributed by atoms with Crippen LogP contribution in [0.5, 0.6) is 5.75 Å². The number of hydrogen-bond donors (Lipinski definition) is 2. The number of hydrogen-bond acceptors (Lipinski definition) is 11. The second-order valence-corrected chi connectivity index (χ2v) is 19.6. The average molecular weight is 891 g/mol. The first kappa shape index (κ1) is 47.2. The number of nitro groups is 1. The normalized spacial score (nSPS) is 30.9. The Labute approximate surface area is 381 Å². The van der Waals surface area contributed by atoms with Gasteiger partial charge in [0.05, 0.1) is 22.2 Å². The van der Waals surface area contributed by atoms with E-state index in [1.54, 1.807) is 12.1 Å². The van der Waals surface area contributed by atoms with Crippen molar-refractivity contribution in [2.45, 2.75) is 125 Å². The number of allylic oxidation sites excluding steroid dienone is 2. The fourth-order valence-corrected chi connectivity index (χ4v) is 12.6. The Kier molecular flexibility index (Phi) is 13.7. The van der Waals surface area contributed by atoms with Crippen molar-refractivity contribution in [3.8, 4) is 5.75 Å². The zero-order valence-electron chi connectivity index (χ0n) is 38.5. The lowest BCUT2D eigenvalue weighted by molar-refractivity contribution is -0.384. The zero-order chi connectivity index (χ0) is 46.8. The first-order valence-corrected chi connectivity index (χ1v) is 22.8. The molecule has 1 amide bonds. The molecule has 13 nitrogen and oxygen atoms in total. The molecule has 4 saturated carbocycles. The standard InChI is InChI=1S/C52H62N2O11/c1-31(2)14-13-19-39(48(58)62-30-34-15-9-8-10-16-34)45-41-28-42(56)46-50(5)26-25-43(32(3)40(50)24-27-51(46,6)52(41,7)29-44(45)63-33(4)55)64-49(59)38-18-12-11-17-37(38)47(57)53-65-36-22-20-35(21-23-36)54(60)61/h8-12,14-18,20-23,32,40-44,46,56H,13,19,24-30H2,1-7H3,(H,53,57)/b45-39-/t32-,40-,41-,42+,43+,44-,46-,50-,51-,52-/m0/s1. The maximum atomic E-state index is 14.3. The van der Waals surface area contributed by atoms with Gasteiger partial charge in [-0.05, 0) is 141 Å². The van der Waals surface area contributed by atoms with Crippen molar-refractivity contribution in [3.05, 3.63) is 128 Å². The topological polar surface area (TPSA) is 181 Å². The summed E-state index contributed by atoms with van der Waals surface area (Å²) >= 11 is 0. The molecular weight excluding hydrogens is 829 g/mol. The van der Waals surface area contributed by atoms with Gasteiger partial charge in [-0.1, -0.05) is 81.8 Å². The monoisotopic (exact) mass is 890 g/mol. The molecule has 0 aliphatic heterocycles. The van der Waals surface area contributed by atoms with Gasteiger partial charge in [0.1, 0.15) is 18.8 Å². The highest BCUT2D eigenvalue weighted by molar-refractivity contribution is 6.05. The van der Waals surface area contributed by atoms with Crippen LogP contribution in [0.25, 0.3) is 0 Å². The van der Waals surface area contributed by atoms with E-state index in [-0.39, 0.29) is 58.3 Å². The van der Waals surface area contributed by atoms with Gasteiger partial charge in [-0.25, -0.2) is 9.59 Å². The number of nitro benzene ring substituents is 1. The van der Waals surface area contributed by atoms with Gasteiger partial charge in [0.25, 0.3) is 11.6 Å². The molecule has 7 rings (SSSR count). The van der Waals surface area contributed by atoms with Gasteiger partial charge in [0, 0.05) is 24.6 Å². The van der Waals surface area contributed by atoms with E-state index < -0.39 is 57.9 Å². The van der Waals surface area contributed by atoms with Crippen LogP contribution in [0.1, 0.15) is 126 Å². The molecule has 0 bridgehead atoms. The molecule has 4 aliphatic carbocycles. The maximum absolute atomic E-state index is 14.3. The van der Waals surface area contributed by atoms with E-state index in [1.165, 1.54) is 43.3 Å². The number of carbonyl (C=O) groups is 4. The lowest BCUT2D eigenvalue weighted by Crippen LogP contribution is -2.65. The molecule has 2 N–H and O–H groups in total. The summed E-state index contributed by atoms with van der Waals surface area (Å²) in [5.41, 5.74) is 4.45. The molecule has 65 heavy (non-hydrogen) atoms. The molecule has 13 heteroatoms. The summed E-state index contributed by atoms with van der Waals surface area (Å²) in [7, 11) is 0. The van der Waals surface area contributed by atoms with Gasteiger partial charge in [0.15, 0.2) is 5.75 Å². The quantitative estimate of drug-likeness (QED) is 0.0416. The van der Waals surface area contributed by atoms with Crippen molar-refractivity contribution < 1.29 is 48.3 Å². The number of non-ortho nitro benzene ring substituents is 1. The second kappa shape index (κ2) is 19.0. The lowest BCUT2D eigenvalue weighted by atomic mass is 9.36. The predicted octanol–water partition coefficient (Wildman–Crippen LogP) is 9.82. The number of nitrogens with zero attached hydrogens (tertiary/aromatic N) is 1. The Balaban J connectivity index is 1.12. The molecule has 4 aliphatic rings. The Morgan fingerprint density at radius 1 is 0.877 bits per heavy atom. The summed E-state index contributed by atoms with van der Waals surface area (Å²) in [5.74, 6) is -2.33. The number of hydroxylamine groups is 1. The molecule has 0 spiro atoms. The SMILES string of the molecule is CC(=O)O[C@H]1C[C@@]2(C)[C@@H](C[C@@H](O)[C@H]3[C@@]4(C)CC[C@@H](OC(=O)c5ccccc5C(=O)NOc5ccc([N+](=O)[O-])cc5)[C@@H](C)[C@@H]4CC[C@@]32C)/C1=C(\CCC=C(C)C)C(=O)OCc1ccccc1. The van der Waals surface area contributed by atoms with Crippen LogP contribution in [0.15, 0.2) is 102 Å². The summed E-state index contributed by atoms with van der Waals surface area (Å²) in [5, 5.41) is 23.6. The third-order valence-electron chi connectivity index (χ3n) is 15.7. The number of ether oxygens (including phenoxy) is 3. The Morgan fingerprint density at radius 2 is 1.55 bits per heavy atom. The average Bonchev–Trinajstić information content (AvgIpc) is 3.55. The van der Waals surface area contributed by atoms with Crippen molar-refractivity contribution >= 4 is 29.5 Å². The molecule has 346 valence electrons. The van der Waals surface area contributed by atoms with Crippen molar-refractivity contribution in [1.29, 1.82) is 0 Å². The number of carbonyl (C=O) groups excluding carboxylic acids is 4. The molecule has 4 fully saturated rings. The smallest absolute Gasteiger partial charge is 0.339 e. The van der Waals surface area contributed by atoms with E-state index in [1.807, 2.05) is 44.2 Å². The number of fused-ring (bicyclic) bond motifs is 5. The van der Waals surface area contributed by atoms with Crippen molar-refractivity contribution in [1.82, 2.24) is 5.48 Å². The van der Waals surface area contributed by atoms with Crippen molar-refractivity contribution in [2.75, 3.05) is 0 Å². The summed E-state index contributed by atoms with van der Waals surface area (Å²) in [6, 6.07) is 21.1. The molecule has 0 aromatic heterocycles. The molecule has 3 aromatic carbocycles. The van der Waals surface area contributed by atoms with Crippen LogP contribution in [0, 0.1) is 50.0 Å². The molecular formula is C52H62N2O11. The highest BCUT2D eigenvalue weighted by Gasteiger charge is 2.71. The largest absolute Gasteiger partial charge is 0.458 e. The van der Waals surface area contributed by atoms with E-state index in [9.17, 15) is 34.4 Å². The number of amides is 1. The minimum Gasteiger partial charge on any atom is -0.458 e. The van der Waals surface area contributed by atoms with Crippen LogP contribution in [0.4, 0.5) is 5.69 Å². The number of aliphatic hydroxyl groups excluding tert-OH is 1. The van der Waals surface area contributed by atoms with Gasteiger partial charge >= 0.3 is 17.9 Å². The lowest BCUT2D eigenvalue weighted by Gasteiger charge is -2.69. The predicted molar refractivity (Wildman–Crippen MR) is 242 cm³/mol. The molecule has 3 aromatic rings. The highest BCUT2D eigenvalue weighted by Crippen LogP contribution is 2.74. The Bertz CT molecular complexity index is 2360. The number of nitrogens with one attached hydrogen (secondary N) is 1. The van der Waals surface area contributed by atoms with Crippen molar-refractivity contribution in [2.24, 2.45) is 39.9 Å². The minimum absolute atomic E-state index is 0.0517. The van der Waals surface area contributed by atoms with Gasteiger partial charge in [-0.15, -0.1) is 0 Å². The number of benzene rings is 3. The molecule has 0 saturated heterocycles. The summed E-state index contributed by atoms with van der Waals surface area (Å²) < 4.78 is 18.4. The van der Waals surface area contributed by atoms with E-state index in [4.69, 9.17) is 19.0 Å². The van der Waals surface area contributed by atoms with Crippen molar-refractivity contribution in [3.63, 3.8) is 0 Å². The Morgan fingerprint density at radius 3 is 2.22 bits per heavy atom. The van der Waals surface area contributed by atoms with Crippen LogP contribution in [0.3, 0.4) is 0 Å². The molecule has 10 atom stereocenters. The van der Waals surface area contributed by atoms with Crippen LogP contribution in [-0.2, 0) is 30.4 Å². The molecule has 0 heterocycles. The first-order chi connectivity index (χ1) is 30.9. The summed E-state index contributed by atoms with van der Waals surface area (Å²) in [6.45, 7) is 14.5. The number of rotatable bonds is 13. The van der Waals surface area contributed by atoms with Gasteiger partial charge in [-0.2, -0.15) is 5.48 Å². The third kappa shape index (κ3) is 9.21. The van der Waals surface area contributed by atoms with Gasteiger partial charge < -0.3 is 24.2 Å². The van der Waals surface area contributed by atoms with Gasteiger partial charge in [0.2, 0.25) is 0 Å². The van der Waals surface area contributed by atoms with Crippen LogP contribution in [0.2, 0.25) is 0 Å². The Hall–Kier alpha value is -5.82. The highest BCUT2D eigenvalue weighted by atomic mass is 16.7. The fourth-order valence-electron chi connectivity index (χ4n) is 12.6. The second-order valence-electron chi connectivity index (χ2n) is 19.6. The minimum atomic E-state index is -0.721. The van der Waals surface area contributed by atoms with E-state index in [2.05, 4.69) is 39.3 Å². The fraction of sp³-hybridized carbons (Fsp3) is 0.500. The molecule has 0 unspecified atom stereocenters. The van der Waals surface area contributed by atoms with E-state index in [0.717, 1.165) is 29.6 Å². The number of esters is 3. The first-order valence-electron chi connectivity index (χ1n) is 22.8. The van der Waals surface area contributed by atoms with Gasteiger partial charge in [-0.3, -0.25) is 19.7 Å². The third-order valence-corrected chi connectivity index (χ3v) is 15.7.